The highest BCUT2D eigenvalue weighted by molar-refractivity contribution is 7.86. The Morgan fingerprint density at radius 1 is 0.623 bits per heavy atom. The topological polar surface area (TPSA) is 280 Å². The number of carbonyl (C=O) groups excluding carboxylic acids is 3. The zero-order chi connectivity index (χ0) is 42.8. The van der Waals surface area contributed by atoms with Crippen molar-refractivity contribution in [2.24, 2.45) is 5.10 Å². The first-order valence-corrected chi connectivity index (χ1v) is 19.5. The number of ketones is 3. The van der Waals surface area contributed by atoms with E-state index in [-0.39, 0.29) is 57.1 Å². The summed E-state index contributed by atoms with van der Waals surface area (Å²) in [4.78, 5) is 63.2. The number of hydrogen-bond acceptors (Lipinski definition) is 16. The van der Waals surface area contributed by atoms with Crippen molar-refractivity contribution in [2.75, 3.05) is 32.4 Å². The Morgan fingerprint density at radius 2 is 1.10 bits per heavy atom. The van der Waals surface area contributed by atoms with E-state index in [4.69, 9.17) is 5.73 Å². The molecule has 302 valence electrons. The van der Waals surface area contributed by atoms with Crippen molar-refractivity contribution >= 4 is 96.8 Å². The molecule has 0 saturated carbocycles. The van der Waals surface area contributed by atoms with Gasteiger partial charge < -0.3 is 32.1 Å². The smallest absolute Gasteiger partial charge is 0.339 e. The van der Waals surface area contributed by atoms with Crippen LogP contribution < -0.4 is 32.4 Å². The molecule has 2 aliphatic rings. The maximum atomic E-state index is 13.7. The number of rotatable bonds is 12. The number of hydrazone groups is 1. The number of nitrogens with one attached hydrogen (secondary N) is 5. The van der Waals surface area contributed by atoms with Gasteiger partial charge in [-0.2, -0.15) is 28.5 Å². The normalized spacial score (nSPS) is 13.8. The second-order valence-corrected chi connectivity index (χ2v) is 14.7. The molecule has 9 N–H and O–H groups in total. The van der Waals surface area contributed by atoms with Crippen LogP contribution in [0.5, 0.6) is 0 Å². The minimum atomic E-state index is -4.90. The average molecular weight is 835 g/mol. The molecule has 6 aromatic rings. The van der Waals surface area contributed by atoms with E-state index in [9.17, 15) is 37.3 Å². The van der Waals surface area contributed by atoms with Crippen LogP contribution in [0.4, 0.5) is 57.7 Å². The van der Waals surface area contributed by atoms with Crippen molar-refractivity contribution in [1.29, 1.82) is 0 Å². The highest BCUT2D eigenvalue weighted by atomic mass is 32.2. The van der Waals surface area contributed by atoms with E-state index >= 15 is 0 Å². The minimum Gasteiger partial charge on any atom is -0.478 e. The fraction of sp³-hybridized carbons (Fsp3) is 0. The maximum absolute atomic E-state index is 13.7. The van der Waals surface area contributed by atoms with Gasteiger partial charge in [-0.25, -0.2) is 4.79 Å². The average Bonchev–Trinajstić information content (AvgIpc) is 3.24. The molecule has 5 aromatic carbocycles. The van der Waals surface area contributed by atoms with Crippen LogP contribution in [-0.2, 0) is 19.7 Å². The fourth-order valence-corrected chi connectivity index (χ4v) is 7.01. The predicted octanol–water partition coefficient (Wildman–Crippen LogP) is 6.37. The number of anilines is 10. The van der Waals surface area contributed by atoms with Gasteiger partial charge in [0.05, 0.1) is 33.9 Å². The van der Waals surface area contributed by atoms with Crippen molar-refractivity contribution in [2.45, 2.75) is 4.90 Å². The van der Waals surface area contributed by atoms with Gasteiger partial charge in [0.15, 0.2) is 17.3 Å². The van der Waals surface area contributed by atoms with Crippen LogP contribution in [0.25, 0.3) is 0 Å². The number of nitrogens with two attached hydrogens (primary N) is 1. The number of para-hydroxylation sites is 1. The van der Waals surface area contributed by atoms with Crippen molar-refractivity contribution in [3.8, 4) is 0 Å². The van der Waals surface area contributed by atoms with Gasteiger partial charge >= 0.3 is 5.97 Å². The standard InChI is InChI=1S/C42H30N10O8S/c43-36-33(61(58,59)60)21-31(34-35(36)38(55)29-9-5-4-8-28(29)37(34)54)44-23-10-12-24(13-11-23)46-41-48-40(45-22-6-2-1-3-7-22)49-42(50-41)47-25-14-16-26(17-15-25)51-52-27-18-19-32(53)30(20-27)39(56)57/h1-21,44,51H,43H2,(H,56,57)(H,58,59,60)(H3,45,46,47,48,49,50)/b52-27-. The molecule has 8 rings (SSSR count). The molecule has 1 heterocycles. The van der Waals surface area contributed by atoms with Crippen LogP contribution in [0, 0.1) is 0 Å². The van der Waals surface area contributed by atoms with Gasteiger partial charge in [-0.3, -0.25) is 24.4 Å². The van der Waals surface area contributed by atoms with Gasteiger partial charge in [0.2, 0.25) is 17.8 Å². The highest BCUT2D eigenvalue weighted by Gasteiger charge is 2.36. The molecule has 0 fully saturated rings. The van der Waals surface area contributed by atoms with Gasteiger partial charge in [-0.1, -0.05) is 42.5 Å². The van der Waals surface area contributed by atoms with E-state index in [1.165, 1.54) is 24.3 Å². The third kappa shape index (κ3) is 8.39. The fourth-order valence-electron chi connectivity index (χ4n) is 6.36. The lowest BCUT2D eigenvalue weighted by Gasteiger charge is -2.23. The molecule has 0 aliphatic heterocycles. The van der Waals surface area contributed by atoms with Crippen molar-refractivity contribution < 1.29 is 37.3 Å². The number of fused-ring (bicyclic) bond motifs is 2. The van der Waals surface area contributed by atoms with Crippen LogP contribution in [-0.4, -0.2) is 62.1 Å². The molecule has 61 heavy (non-hydrogen) atoms. The molecule has 0 radical (unpaired) electrons. The first-order valence-electron chi connectivity index (χ1n) is 18.0. The summed E-state index contributed by atoms with van der Waals surface area (Å²) in [6, 6.07) is 29.8. The molecular formula is C42H30N10O8S. The van der Waals surface area contributed by atoms with E-state index < -0.39 is 44.0 Å². The van der Waals surface area contributed by atoms with Gasteiger partial charge in [0.25, 0.3) is 10.1 Å². The van der Waals surface area contributed by atoms with Crippen LogP contribution in [0.2, 0.25) is 0 Å². The number of nitrogens with zero attached hydrogens (tertiary/aromatic N) is 4. The molecule has 0 bridgehead atoms. The van der Waals surface area contributed by atoms with Crippen LogP contribution in [0.15, 0.2) is 143 Å². The SMILES string of the molecule is Nc1c(S(=O)(=O)O)cc(Nc2ccc(Nc3nc(Nc4ccccc4)nc(Nc4ccc(N/N=C5/C=CC(=O)C(C(=O)O)=C5)cc4)n3)cc2)c2c1C(=O)c1ccccc1C2=O. The Hall–Kier alpha value is -8.55. The summed E-state index contributed by atoms with van der Waals surface area (Å²) in [6.07, 6.45) is 3.72. The maximum Gasteiger partial charge on any atom is 0.339 e. The number of benzene rings is 5. The summed E-state index contributed by atoms with van der Waals surface area (Å²) in [5.74, 6) is -2.66. The van der Waals surface area contributed by atoms with Gasteiger partial charge in [0.1, 0.15) is 10.5 Å². The lowest BCUT2D eigenvalue weighted by molar-refractivity contribution is -0.134. The van der Waals surface area contributed by atoms with E-state index in [1.54, 1.807) is 60.7 Å². The zero-order valence-electron chi connectivity index (χ0n) is 31.2. The Bertz CT molecular complexity index is 3010. The summed E-state index contributed by atoms with van der Waals surface area (Å²) in [7, 11) is -4.90. The number of hydrogen-bond donors (Lipinski definition) is 8. The molecule has 0 unspecified atom stereocenters. The first kappa shape index (κ1) is 39.3. The highest BCUT2D eigenvalue weighted by Crippen LogP contribution is 2.40. The quantitative estimate of drug-likeness (QED) is 0.0218. The number of allylic oxidation sites excluding steroid dienone is 3. The van der Waals surface area contributed by atoms with E-state index in [0.717, 1.165) is 12.1 Å². The second kappa shape index (κ2) is 16.0. The van der Waals surface area contributed by atoms with E-state index in [0.29, 0.717) is 28.4 Å². The molecular weight excluding hydrogens is 805 g/mol. The van der Waals surface area contributed by atoms with Crippen molar-refractivity contribution in [3.05, 3.63) is 155 Å². The Morgan fingerprint density at radius 3 is 1.62 bits per heavy atom. The van der Waals surface area contributed by atoms with Gasteiger partial charge in [-0.05, 0) is 85.0 Å². The van der Waals surface area contributed by atoms with Crippen LogP contribution in [0.3, 0.4) is 0 Å². The molecule has 0 atom stereocenters. The largest absolute Gasteiger partial charge is 0.478 e. The number of aromatic nitrogens is 3. The van der Waals surface area contributed by atoms with Crippen LogP contribution >= 0.6 is 0 Å². The monoisotopic (exact) mass is 834 g/mol. The molecule has 0 saturated heterocycles. The van der Waals surface area contributed by atoms with E-state index in [2.05, 4.69) is 46.7 Å². The summed E-state index contributed by atoms with van der Waals surface area (Å²) < 4.78 is 34.7. The number of carbonyl (C=O) groups is 4. The molecule has 2 aliphatic carbocycles. The summed E-state index contributed by atoms with van der Waals surface area (Å²) in [6.45, 7) is 0. The zero-order valence-corrected chi connectivity index (χ0v) is 32.1. The van der Waals surface area contributed by atoms with Crippen LogP contribution in [0.1, 0.15) is 31.8 Å². The van der Waals surface area contributed by atoms with E-state index in [1.807, 2.05) is 30.3 Å². The Balaban J connectivity index is 1.03. The number of carboxylic acids is 1. The second-order valence-electron chi connectivity index (χ2n) is 13.3. The first-order chi connectivity index (χ1) is 29.3. The van der Waals surface area contributed by atoms with Crippen molar-refractivity contribution in [3.63, 3.8) is 0 Å². The lowest BCUT2D eigenvalue weighted by Crippen LogP contribution is -2.25. The molecule has 0 amide bonds. The summed E-state index contributed by atoms with van der Waals surface area (Å²) >= 11 is 0. The van der Waals surface area contributed by atoms with Crippen molar-refractivity contribution in [1.82, 2.24) is 15.0 Å². The summed E-state index contributed by atoms with van der Waals surface area (Å²) in [5.41, 5.74) is 10.7. The third-order valence-corrected chi connectivity index (χ3v) is 10.1. The minimum absolute atomic E-state index is 0.0575. The van der Waals surface area contributed by atoms with Gasteiger partial charge in [-0.15, -0.1) is 0 Å². The van der Waals surface area contributed by atoms with Gasteiger partial charge in [0, 0.05) is 33.9 Å². The number of carboxylic acid groups (broad SMARTS) is 1. The number of nitrogen functional groups attached to an aromatic ring is 1. The molecule has 0 spiro atoms. The Labute approximate surface area is 345 Å². The third-order valence-electron chi connectivity index (χ3n) is 9.21. The molecule has 1 aromatic heterocycles. The predicted molar refractivity (Wildman–Crippen MR) is 227 cm³/mol. The summed E-state index contributed by atoms with van der Waals surface area (Å²) in [5, 5.41) is 25.8. The number of aliphatic carboxylic acids is 1. The molecule has 18 nitrogen and oxygen atoms in total. The molecule has 19 heteroatoms. The lowest BCUT2D eigenvalue weighted by atomic mass is 9.82. The Kier molecular flexibility index (Phi) is 10.3.